The number of nitrogens with one attached hydrogen (secondary N) is 1. The van der Waals surface area contributed by atoms with E-state index < -0.39 is 0 Å². The van der Waals surface area contributed by atoms with Crippen LogP contribution in [0.15, 0.2) is 42.5 Å². The average Bonchev–Trinajstić information content (AvgIpc) is 2.95. The molecule has 4 rings (SSSR count). The van der Waals surface area contributed by atoms with Gasteiger partial charge in [-0.1, -0.05) is 30.3 Å². The molecule has 0 saturated heterocycles. The van der Waals surface area contributed by atoms with Crippen LogP contribution in [-0.4, -0.2) is 5.75 Å². The standard InChI is InChI=1S/C18H19NS/c1-2-7-17-15(4-1)11-20-12-18(17)19-16-9-8-13-5-3-6-14(13)10-16/h1-2,4,7-10,18-19H,3,5-6,11-12H2. The summed E-state index contributed by atoms with van der Waals surface area (Å²) >= 11 is 2.03. The van der Waals surface area contributed by atoms with Crippen LogP contribution in [0.2, 0.25) is 0 Å². The molecule has 2 heteroatoms. The van der Waals surface area contributed by atoms with Crippen molar-refractivity contribution in [3.8, 4) is 0 Å². The first kappa shape index (κ1) is 12.3. The van der Waals surface area contributed by atoms with Gasteiger partial charge in [0.2, 0.25) is 0 Å². The molecule has 20 heavy (non-hydrogen) atoms. The number of anilines is 1. The minimum Gasteiger partial charge on any atom is -0.377 e. The second kappa shape index (κ2) is 5.17. The first-order chi connectivity index (χ1) is 9.90. The van der Waals surface area contributed by atoms with Crippen LogP contribution in [0, 0.1) is 0 Å². The zero-order chi connectivity index (χ0) is 13.4. The van der Waals surface area contributed by atoms with Gasteiger partial charge in [-0.3, -0.25) is 0 Å². The van der Waals surface area contributed by atoms with Gasteiger partial charge in [-0.2, -0.15) is 11.8 Å². The third-order valence-electron chi connectivity index (χ3n) is 4.41. The summed E-state index contributed by atoms with van der Waals surface area (Å²) in [6, 6.07) is 16.2. The fourth-order valence-electron chi connectivity index (χ4n) is 3.36. The van der Waals surface area contributed by atoms with Gasteiger partial charge in [-0.05, 0) is 53.6 Å². The maximum absolute atomic E-state index is 3.75. The van der Waals surface area contributed by atoms with Crippen molar-refractivity contribution < 1.29 is 0 Å². The molecule has 0 spiro atoms. The average molecular weight is 281 g/mol. The van der Waals surface area contributed by atoms with Crippen LogP contribution in [0.1, 0.15) is 34.7 Å². The maximum atomic E-state index is 3.75. The fourth-order valence-corrected chi connectivity index (χ4v) is 4.46. The van der Waals surface area contributed by atoms with Gasteiger partial charge < -0.3 is 5.32 Å². The minimum atomic E-state index is 0.449. The van der Waals surface area contributed by atoms with Gasteiger partial charge in [0.25, 0.3) is 0 Å². The molecule has 0 radical (unpaired) electrons. The highest BCUT2D eigenvalue weighted by Crippen LogP contribution is 2.34. The van der Waals surface area contributed by atoms with Crippen LogP contribution in [0.4, 0.5) is 5.69 Å². The van der Waals surface area contributed by atoms with Gasteiger partial charge in [0, 0.05) is 17.2 Å². The van der Waals surface area contributed by atoms with Crippen molar-refractivity contribution in [2.24, 2.45) is 0 Å². The van der Waals surface area contributed by atoms with Crippen LogP contribution in [-0.2, 0) is 18.6 Å². The normalized spacial score (nSPS) is 20.3. The maximum Gasteiger partial charge on any atom is 0.0607 e. The van der Waals surface area contributed by atoms with Crippen molar-refractivity contribution in [3.63, 3.8) is 0 Å². The smallest absolute Gasteiger partial charge is 0.0607 e. The van der Waals surface area contributed by atoms with Gasteiger partial charge in [0.15, 0.2) is 0 Å². The van der Waals surface area contributed by atoms with Crippen molar-refractivity contribution in [1.82, 2.24) is 0 Å². The molecule has 1 nitrogen and oxygen atoms in total. The Kier molecular flexibility index (Phi) is 3.19. The highest BCUT2D eigenvalue weighted by atomic mass is 32.2. The molecule has 1 atom stereocenters. The Hall–Kier alpha value is -1.41. The van der Waals surface area contributed by atoms with E-state index >= 15 is 0 Å². The molecule has 2 aromatic rings. The summed E-state index contributed by atoms with van der Waals surface area (Å²) in [6.07, 6.45) is 3.83. The molecule has 0 aromatic heterocycles. The molecule has 1 N–H and O–H groups in total. The Balaban J connectivity index is 1.61. The monoisotopic (exact) mass is 281 g/mol. The van der Waals surface area contributed by atoms with Gasteiger partial charge in [-0.15, -0.1) is 0 Å². The molecule has 2 aliphatic rings. The van der Waals surface area contributed by atoms with E-state index in [1.54, 1.807) is 11.1 Å². The van der Waals surface area contributed by atoms with Gasteiger partial charge in [0.1, 0.15) is 0 Å². The molecular weight excluding hydrogens is 262 g/mol. The third-order valence-corrected chi connectivity index (χ3v) is 5.50. The van der Waals surface area contributed by atoms with Gasteiger partial charge >= 0.3 is 0 Å². The highest BCUT2D eigenvalue weighted by Gasteiger charge is 2.20. The Morgan fingerprint density at radius 3 is 2.85 bits per heavy atom. The molecule has 1 heterocycles. The number of thioether (sulfide) groups is 1. The zero-order valence-electron chi connectivity index (χ0n) is 11.6. The second-order valence-corrected chi connectivity index (χ2v) is 6.78. The molecule has 102 valence electrons. The first-order valence-corrected chi connectivity index (χ1v) is 8.59. The summed E-state index contributed by atoms with van der Waals surface area (Å²) < 4.78 is 0. The van der Waals surface area contributed by atoms with E-state index in [4.69, 9.17) is 0 Å². The lowest BCUT2D eigenvalue weighted by Gasteiger charge is -2.27. The van der Waals surface area contributed by atoms with Crippen LogP contribution < -0.4 is 5.32 Å². The Labute approximate surface area is 124 Å². The lowest BCUT2D eigenvalue weighted by Crippen LogP contribution is -2.18. The van der Waals surface area contributed by atoms with Crippen LogP contribution in [0.3, 0.4) is 0 Å². The van der Waals surface area contributed by atoms with Crippen molar-refractivity contribution >= 4 is 17.4 Å². The summed E-state index contributed by atoms with van der Waals surface area (Å²) in [7, 11) is 0. The SMILES string of the molecule is c1ccc2c(c1)CSCC2Nc1ccc2c(c1)CCC2. The van der Waals surface area contributed by atoms with Crippen LogP contribution >= 0.6 is 11.8 Å². The van der Waals surface area contributed by atoms with Crippen LogP contribution in [0.5, 0.6) is 0 Å². The number of benzene rings is 2. The van der Waals surface area contributed by atoms with Gasteiger partial charge in [0.05, 0.1) is 6.04 Å². The largest absolute Gasteiger partial charge is 0.377 e. The quantitative estimate of drug-likeness (QED) is 0.865. The lowest BCUT2D eigenvalue weighted by atomic mass is 10.0. The molecular formula is C18H19NS. The van der Waals surface area contributed by atoms with Crippen molar-refractivity contribution in [2.45, 2.75) is 31.1 Å². The Morgan fingerprint density at radius 2 is 1.85 bits per heavy atom. The highest BCUT2D eigenvalue weighted by molar-refractivity contribution is 7.98. The van der Waals surface area contributed by atoms with E-state index in [2.05, 4.69) is 47.8 Å². The molecule has 1 aliphatic heterocycles. The summed E-state index contributed by atoms with van der Waals surface area (Å²) in [5.74, 6) is 2.31. The predicted octanol–water partition coefficient (Wildman–Crippen LogP) is 4.58. The van der Waals surface area contributed by atoms with E-state index in [1.165, 1.54) is 36.1 Å². The third kappa shape index (κ3) is 2.22. The Bertz CT molecular complexity index is 635. The predicted molar refractivity (Wildman–Crippen MR) is 87.4 cm³/mol. The molecule has 0 amide bonds. The van der Waals surface area contributed by atoms with Crippen molar-refractivity contribution in [2.75, 3.05) is 11.1 Å². The molecule has 0 bridgehead atoms. The lowest BCUT2D eigenvalue weighted by molar-refractivity contribution is 0.870. The van der Waals surface area contributed by atoms with Gasteiger partial charge in [-0.25, -0.2) is 0 Å². The molecule has 1 unspecified atom stereocenters. The van der Waals surface area contributed by atoms with E-state index in [0.29, 0.717) is 6.04 Å². The number of fused-ring (bicyclic) bond motifs is 2. The van der Waals surface area contributed by atoms with Crippen molar-refractivity contribution in [1.29, 1.82) is 0 Å². The number of hydrogen-bond acceptors (Lipinski definition) is 2. The number of aryl methyl sites for hydroxylation is 2. The van der Waals surface area contributed by atoms with E-state index in [1.807, 2.05) is 11.8 Å². The van der Waals surface area contributed by atoms with Crippen molar-refractivity contribution in [3.05, 3.63) is 64.7 Å². The molecule has 2 aromatic carbocycles. The summed E-state index contributed by atoms with van der Waals surface area (Å²) in [5.41, 5.74) is 7.35. The first-order valence-electron chi connectivity index (χ1n) is 7.44. The van der Waals surface area contributed by atoms with E-state index in [0.717, 1.165) is 11.5 Å². The van der Waals surface area contributed by atoms with Crippen LogP contribution in [0.25, 0.3) is 0 Å². The Morgan fingerprint density at radius 1 is 0.950 bits per heavy atom. The molecule has 0 saturated carbocycles. The second-order valence-electron chi connectivity index (χ2n) is 5.75. The summed E-state index contributed by atoms with van der Waals surface area (Å²) in [5, 5.41) is 3.75. The number of rotatable bonds is 2. The fraction of sp³-hybridized carbons (Fsp3) is 0.333. The van der Waals surface area contributed by atoms with E-state index in [-0.39, 0.29) is 0 Å². The topological polar surface area (TPSA) is 12.0 Å². The zero-order valence-corrected chi connectivity index (χ0v) is 12.4. The summed E-state index contributed by atoms with van der Waals surface area (Å²) in [4.78, 5) is 0. The minimum absolute atomic E-state index is 0.449. The molecule has 1 aliphatic carbocycles. The number of hydrogen-bond donors (Lipinski definition) is 1. The summed E-state index contributed by atoms with van der Waals surface area (Å²) in [6.45, 7) is 0. The van der Waals surface area contributed by atoms with E-state index in [9.17, 15) is 0 Å². The molecule has 0 fully saturated rings.